The monoisotopic (exact) mass is 390 g/mol. The summed E-state index contributed by atoms with van der Waals surface area (Å²) in [5.41, 5.74) is 5.12. The van der Waals surface area contributed by atoms with E-state index < -0.39 is 0 Å². The van der Waals surface area contributed by atoms with Crippen molar-refractivity contribution in [3.63, 3.8) is 0 Å². The molecule has 1 aliphatic carbocycles. The first kappa shape index (κ1) is 17.4. The maximum Gasteiger partial charge on any atom is 0.251 e. The molecule has 2 N–H and O–H groups in total. The minimum absolute atomic E-state index is 0.00735. The van der Waals surface area contributed by atoms with Crippen molar-refractivity contribution in [3.8, 4) is 11.3 Å². The van der Waals surface area contributed by atoms with Crippen LogP contribution in [0.25, 0.3) is 26.4 Å². The third-order valence-electron chi connectivity index (χ3n) is 5.55. The normalized spacial score (nSPS) is 19.1. The molecule has 1 amide bonds. The summed E-state index contributed by atoms with van der Waals surface area (Å²) in [6.07, 6.45) is 4.08. The zero-order valence-electron chi connectivity index (χ0n) is 15.9. The summed E-state index contributed by atoms with van der Waals surface area (Å²) in [5, 5.41) is 6.37. The van der Waals surface area contributed by atoms with Crippen molar-refractivity contribution < 1.29 is 4.79 Å². The number of nitrogens with one attached hydrogen (secondary N) is 2. The lowest BCUT2D eigenvalue weighted by Crippen LogP contribution is -2.51. The fraction of sp³-hybridized carbons (Fsp3) is 0.273. The highest BCUT2D eigenvalue weighted by molar-refractivity contribution is 7.23. The van der Waals surface area contributed by atoms with Crippen LogP contribution in [0.5, 0.6) is 0 Å². The molecule has 5 nitrogen and oxygen atoms in total. The molecule has 142 valence electrons. The Hall–Kier alpha value is -2.70. The Morgan fingerprint density at radius 2 is 2.04 bits per heavy atom. The van der Waals surface area contributed by atoms with Crippen molar-refractivity contribution in [2.24, 2.45) is 0 Å². The van der Waals surface area contributed by atoms with E-state index >= 15 is 0 Å². The summed E-state index contributed by atoms with van der Waals surface area (Å²) in [6.45, 7) is 2.09. The molecule has 0 radical (unpaired) electrons. The van der Waals surface area contributed by atoms with E-state index in [-0.39, 0.29) is 11.9 Å². The Morgan fingerprint density at radius 3 is 2.82 bits per heavy atom. The van der Waals surface area contributed by atoms with E-state index in [0.29, 0.717) is 11.6 Å². The van der Waals surface area contributed by atoms with Crippen LogP contribution in [0.1, 0.15) is 28.8 Å². The molecule has 1 saturated carbocycles. The number of carbonyl (C=O) groups is 1. The molecular weight excluding hydrogens is 368 g/mol. The van der Waals surface area contributed by atoms with E-state index in [1.807, 2.05) is 25.2 Å². The summed E-state index contributed by atoms with van der Waals surface area (Å²) in [5.74, 6) is 0.00735. The van der Waals surface area contributed by atoms with Crippen LogP contribution in [0.4, 0.5) is 0 Å². The van der Waals surface area contributed by atoms with Crippen molar-refractivity contribution in [2.75, 3.05) is 7.05 Å². The quantitative estimate of drug-likeness (QED) is 0.554. The molecule has 5 rings (SSSR count). The second kappa shape index (κ2) is 6.72. The lowest BCUT2D eigenvalue weighted by molar-refractivity contribution is 0.0904. The summed E-state index contributed by atoms with van der Waals surface area (Å²) in [6, 6.07) is 15.1. The van der Waals surface area contributed by atoms with Crippen molar-refractivity contribution >= 4 is 32.4 Å². The maximum absolute atomic E-state index is 12.6. The van der Waals surface area contributed by atoms with Gasteiger partial charge >= 0.3 is 0 Å². The first-order valence-corrected chi connectivity index (χ1v) is 10.4. The topological polar surface area (TPSA) is 58.4 Å². The number of nitrogens with zero attached hydrogens (tertiary/aromatic N) is 2. The summed E-state index contributed by atoms with van der Waals surface area (Å²) >= 11 is 1.62. The van der Waals surface area contributed by atoms with Crippen molar-refractivity contribution in [3.05, 3.63) is 59.8 Å². The largest absolute Gasteiger partial charge is 0.349 e. The van der Waals surface area contributed by atoms with E-state index in [4.69, 9.17) is 4.98 Å². The molecule has 4 aromatic rings. The summed E-state index contributed by atoms with van der Waals surface area (Å²) in [7, 11) is 1.97. The maximum atomic E-state index is 12.6. The van der Waals surface area contributed by atoms with Gasteiger partial charge in [0.2, 0.25) is 0 Å². The molecule has 2 aromatic heterocycles. The average Bonchev–Trinajstić information content (AvgIpc) is 3.21. The highest BCUT2D eigenvalue weighted by Gasteiger charge is 2.29. The fourth-order valence-electron chi connectivity index (χ4n) is 3.83. The molecule has 2 aromatic carbocycles. The number of amides is 1. The van der Waals surface area contributed by atoms with E-state index in [2.05, 4.69) is 52.4 Å². The van der Waals surface area contributed by atoms with E-state index in [9.17, 15) is 4.79 Å². The zero-order valence-corrected chi connectivity index (χ0v) is 16.7. The van der Waals surface area contributed by atoms with Gasteiger partial charge in [-0.1, -0.05) is 35.1 Å². The molecule has 0 aliphatic heterocycles. The first-order valence-electron chi connectivity index (χ1n) is 9.57. The lowest BCUT2D eigenvalue weighted by Gasteiger charge is -2.35. The average molecular weight is 391 g/mol. The molecule has 1 fully saturated rings. The number of aromatic nitrogens is 2. The zero-order chi connectivity index (χ0) is 19.3. The van der Waals surface area contributed by atoms with Gasteiger partial charge in [-0.25, -0.2) is 4.98 Å². The van der Waals surface area contributed by atoms with E-state index in [1.165, 1.54) is 5.56 Å². The fourth-order valence-corrected chi connectivity index (χ4v) is 4.87. The SMILES string of the molecule is CN[C@H]1C[C@@H](NC(=O)c2ccc3c(c2)sc2nc(-c4cccc(C)c4)cn23)C1. The minimum Gasteiger partial charge on any atom is -0.349 e. The van der Waals surface area contributed by atoms with Crippen LogP contribution >= 0.6 is 11.3 Å². The summed E-state index contributed by atoms with van der Waals surface area (Å²) < 4.78 is 3.19. The van der Waals surface area contributed by atoms with Crippen LogP contribution in [0.3, 0.4) is 0 Å². The van der Waals surface area contributed by atoms with Crippen LogP contribution in [0.15, 0.2) is 48.7 Å². The molecule has 0 spiro atoms. The number of aryl methyl sites for hydroxylation is 1. The number of benzene rings is 2. The molecule has 1 aliphatic rings. The number of thiazole rings is 1. The third kappa shape index (κ3) is 2.99. The number of rotatable bonds is 4. The van der Waals surface area contributed by atoms with Gasteiger partial charge in [0.05, 0.1) is 15.9 Å². The second-order valence-electron chi connectivity index (χ2n) is 7.56. The molecule has 0 unspecified atom stereocenters. The van der Waals surface area contributed by atoms with Gasteiger partial charge in [0.15, 0.2) is 4.96 Å². The van der Waals surface area contributed by atoms with Crippen LogP contribution in [0.2, 0.25) is 0 Å². The molecule has 6 heteroatoms. The van der Waals surface area contributed by atoms with Gasteiger partial charge in [0, 0.05) is 29.4 Å². The van der Waals surface area contributed by atoms with Crippen molar-refractivity contribution in [1.82, 2.24) is 20.0 Å². The Labute approximate surface area is 167 Å². The number of hydrogen-bond acceptors (Lipinski definition) is 4. The molecule has 0 saturated heterocycles. The first-order chi connectivity index (χ1) is 13.6. The molecular formula is C22H22N4OS. The molecule has 0 atom stereocenters. The Morgan fingerprint density at radius 1 is 1.18 bits per heavy atom. The van der Waals surface area contributed by atoms with Gasteiger partial charge in [0.25, 0.3) is 5.91 Å². The predicted molar refractivity (Wildman–Crippen MR) is 114 cm³/mol. The minimum atomic E-state index is 0.00735. The Balaban J connectivity index is 1.42. The summed E-state index contributed by atoms with van der Waals surface area (Å²) in [4.78, 5) is 18.3. The molecule has 28 heavy (non-hydrogen) atoms. The van der Waals surface area contributed by atoms with Gasteiger partial charge in [-0.15, -0.1) is 0 Å². The van der Waals surface area contributed by atoms with Crippen LogP contribution < -0.4 is 10.6 Å². The number of carbonyl (C=O) groups excluding carboxylic acids is 1. The highest BCUT2D eigenvalue weighted by Crippen LogP contribution is 2.30. The molecule has 0 bridgehead atoms. The van der Waals surface area contributed by atoms with Crippen LogP contribution in [0, 0.1) is 6.92 Å². The second-order valence-corrected chi connectivity index (χ2v) is 8.57. The Kier molecular flexibility index (Phi) is 4.18. The van der Waals surface area contributed by atoms with Crippen molar-refractivity contribution in [1.29, 1.82) is 0 Å². The van der Waals surface area contributed by atoms with Crippen LogP contribution in [-0.2, 0) is 0 Å². The number of imidazole rings is 1. The van der Waals surface area contributed by atoms with Gasteiger partial charge in [-0.2, -0.15) is 0 Å². The van der Waals surface area contributed by atoms with Gasteiger partial charge in [-0.3, -0.25) is 9.20 Å². The van der Waals surface area contributed by atoms with Gasteiger partial charge in [0.1, 0.15) is 0 Å². The standard InChI is InChI=1S/C22H22N4OS/c1-13-4-3-5-14(8-13)18-12-26-19-7-6-15(9-20(19)28-22(26)25-18)21(27)24-17-10-16(11-17)23-2/h3-9,12,16-17,23H,10-11H2,1-2H3,(H,24,27)/t16-,17+. The van der Waals surface area contributed by atoms with Crippen LogP contribution in [-0.4, -0.2) is 34.4 Å². The smallest absolute Gasteiger partial charge is 0.251 e. The highest BCUT2D eigenvalue weighted by atomic mass is 32.1. The van der Waals surface area contributed by atoms with Gasteiger partial charge < -0.3 is 10.6 Å². The third-order valence-corrected chi connectivity index (χ3v) is 6.57. The van der Waals surface area contributed by atoms with Gasteiger partial charge in [-0.05, 0) is 51.1 Å². The number of hydrogen-bond donors (Lipinski definition) is 2. The van der Waals surface area contributed by atoms with E-state index in [0.717, 1.165) is 39.3 Å². The molecule has 2 heterocycles. The predicted octanol–water partition coefficient (Wildman–Crippen LogP) is 4.00. The lowest BCUT2D eigenvalue weighted by atomic mass is 9.87. The van der Waals surface area contributed by atoms with Crippen molar-refractivity contribution in [2.45, 2.75) is 31.8 Å². The Bertz CT molecular complexity index is 1190. The van der Waals surface area contributed by atoms with E-state index in [1.54, 1.807) is 11.3 Å². The number of fused-ring (bicyclic) bond motifs is 3.